The first-order valence-corrected chi connectivity index (χ1v) is 9.95. The number of rotatable bonds is 11. The van der Waals surface area contributed by atoms with Crippen molar-refractivity contribution in [2.45, 2.75) is 44.9 Å². The number of nitrogens with one attached hydrogen (secondary N) is 2. The lowest BCUT2D eigenvalue weighted by Gasteiger charge is -2.22. The number of carbonyl (C=O) groups excluding carboxylic acids is 4. The summed E-state index contributed by atoms with van der Waals surface area (Å²) >= 11 is 0. The monoisotopic (exact) mass is 425 g/mol. The molecule has 0 aliphatic heterocycles. The Kier molecular flexibility index (Phi) is 9.22. The number of primary amides is 1. The molecule has 0 aliphatic rings. The van der Waals surface area contributed by atoms with E-state index in [0.29, 0.717) is 0 Å². The van der Waals surface area contributed by atoms with E-state index in [1.54, 1.807) is 0 Å². The fourth-order valence-corrected chi connectivity index (χ4v) is 2.87. The molecule has 3 amide bonds. The summed E-state index contributed by atoms with van der Waals surface area (Å²) in [5.74, 6) is -1.46. The standard InChI is InChI=1S/C23H27N3O5/c1-16(27)12-13-19(21(24)28)25-22(29)20(14-17-8-4-2-5-9-17)26-23(30)31-15-18-10-6-3-7-11-18/h2-11,19-20H,12-15H2,1H3,(H2,24,28)(H,25,29)(H,26,30)/t19-,20+/m1/s1. The first-order valence-electron chi connectivity index (χ1n) is 9.95. The average molecular weight is 425 g/mol. The lowest BCUT2D eigenvalue weighted by Crippen LogP contribution is -2.53. The van der Waals surface area contributed by atoms with Crippen LogP contribution < -0.4 is 16.4 Å². The van der Waals surface area contributed by atoms with Crippen molar-refractivity contribution in [3.8, 4) is 0 Å². The molecule has 0 radical (unpaired) electrons. The molecule has 4 N–H and O–H groups in total. The van der Waals surface area contributed by atoms with Crippen LogP contribution in [0, 0.1) is 0 Å². The zero-order valence-electron chi connectivity index (χ0n) is 17.4. The largest absolute Gasteiger partial charge is 0.445 e. The maximum Gasteiger partial charge on any atom is 0.408 e. The van der Waals surface area contributed by atoms with E-state index in [0.717, 1.165) is 11.1 Å². The van der Waals surface area contributed by atoms with Gasteiger partial charge in [0.15, 0.2) is 0 Å². The third kappa shape index (κ3) is 8.69. The van der Waals surface area contributed by atoms with Gasteiger partial charge in [0.1, 0.15) is 24.5 Å². The molecule has 31 heavy (non-hydrogen) atoms. The minimum atomic E-state index is -1.02. The molecule has 2 rings (SSSR count). The SMILES string of the molecule is CC(=O)CC[C@@H](NC(=O)[C@H](Cc1ccccc1)NC(=O)OCc1ccccc1)C(N)=O. The van der Waals surface area contributed by atoms with Gasteiger partial charge in [0.05, 0.1) is 0 Å². The highest BCUT2D eigenvalue weighted by Gasteiger charge is 2.26. The fourth-order valence-electron chi connectivity index (χ4n) is 2.87. The minimum absolute atomic E-state index is 0.0505. The Morgan fingerprint density at radius 1 is 0.871 bits per heavy atom. The van der Waals surface area contributed by atoms with Gasteiger partial charge in [-0.1, -0.05) is 60.7 Å². The molecule has 0 fully saturated rings. The summed E-state index contributed by atoms with van der Waals surface area (Å²) in [6, 6.07) is 16.2. The summed E-state index contributed by atoms with van der Waals surface area (Å²) in [6.07, 6.45) is -0.388. The van der Waals surface area contributed by atoms with E-state index >= 15 is 0 Å². The van der Waals surface area contributed by atoms with E-state index in [9.17, 15) is 19.2 Å². The third-order valence-electron chi connectivity index (χ3n) is 4.55. The molecule has 0 aromatic heterocycles. The van der Waals surface area contributed by atoms with E-state index in [-0.39, 0.29) is 31.7 Å². The summed E-state index contributed by atoms with van der Waals surface area (Å²) in [5.41, 5.74) is 6.98. The van der Waals surface area contributed by atoms with Crippen molar-refractivity contribution in [2.75, 3.05) is 0 Å². The maximum atomic E-state index is 12.8. The number of nitrogens with two attached hydrogens (primary N) is 1. The molecule has 8 nitrogen and oxygen atoms in total. The van der Waals surface area contributed by atoms with Gasteiger partial charge in [-0.05, 0) is 24.5 Å². The van der Waals surface area contributed by atoms with Crippen molar-refractivity contribution in [2.24, 2.45) is 5.73 Å². The van der Waals surface area contributed by atoms with Crippen molar-refractivity contribution >= 4 is 23.7 Å². The zero-order chi connectivity index (χ0) is 22.6. The van der Waals surface area contributed by atoms with Crippen LogP contribution in [-0.4, -0.2) is 35.8 Å². The van der Waals surface area contributed by atoms with Gasteiger partial charge in [-0.25, -0.2) is 4.79 Å². The van der Waals surface area contributed by atoms with Gasteiger partial charge in [0.2, 0.25) is 11.8 Å². The molecule has 0 bridgehead atoms. The number of carbonyl (C=O) groups is 4. The minimum Gasteiger partial charge on any atom is -0.445 e. The summed E-state index contributed by atoms with van der Waals surface area (Å²) in [5, 5.41) is 5.09. The molecule has 0 aliphatic carbocycles. The number of Topliss-reactive ketones (excluding diaryl/α,β-unsaturated/α-hetero) is 1. The van der Waals surface area contributed by atoms with Gasteiger partial charge in [-0.3, -0.25) is 9.59 Å². The molecule has 8 heteroatoms. The van der Waals surface area contributed by atoms with Crippen LogP contribution in [0.4, 0.5) is 4.79 Å². The van der Waals surface area contributed by atoms with Gasteiger partial charge in [0, 0.05) is 12.8 Å². The van der Waals surface area contributed by atoms with Gasteiger partial charge in [0.25, 0.3) is 0 Å². The molecule has 2 aromatic carbocycles. The molecule has 0 saturated heterocycles. The molecule has 2 atom stereocenters. The molecule has 0 saturated carbocycles. The Bertz CT molecular complexity index is 887. The molecule has 164 valence electrons. The topological polar surface area (TPSA) is 128 Å². The van der Waals surface area contributed by atoms with Gasteiger partial charge < -0.3 is 25.9 Å². The third-order valence-corrected chi connectivity index (χ3v) is 4.55. The maximum absolute atomic E-state index is 12.8. The summed E-state index contributed by atoms with van der Waals surface area (Å²) in [7, 11) is 0. The van der Waals surface area contributed by atoms with E-state index < -0.39 is 30.0 Å². The summed E-state index contributed by atoms with van der Waals surface area (Å²) < 4.78 is 5.21. The molecule has 0 heterocycles. The Labute approximate surface area is 181 Å². The number of ketones is 1. The number of ether oxygens (including phenoxy) is 1. The van der Waals surface area contributed by atoms with Crippen molar-refractivity contribution in [1.82, 2.24) is 10.6 Å². The van der Waals surface area contributed by atoms with Crippen LogP contribution in [0.1, 0.15) is 30.9 Å². The van der Waals surface area contributed by atoms with Crippen molar-refractivity contribution in [3.05, 3.63) is 71.8 Å². The number of alkyl carbamates (subject to hydrolysis) is 1. The number of amides is 3. The molecule has 0 unspecified atom stereocenters. The number of benzene rings is 2. The smallest absolute Gasteiger partial charge is 0.408 e. The lowest BCUT2D eigenvalue weighted by atomic mass is 10.0. The first-order chi connectivity index (χ1) is 14.8. The molecule has 0 spiro atoms. The van der Waals surface area contributed by atoms with Crippen molar-refractivity contribution in [1.29, 1.82) is 0 Å². The summed E-state index contributed by atoms with van der Waals surface area (Å²) in [4.78, 5) is 48.1. The van der Waals surface area contributed by atoms with Crippen molar-refractivity contribution < 1.29 is 23.9 Å². The zero-order valence-corrected chi connectivity index (χ0v) is 17.4. The molecular weight excluding hydrogens is 398 g/mol. The lowest BCUT2D eigenvalue weighted by molar-refractivity contribution is -0.129. The van der Waals surface area contributed by atoms with Gasteiger partial charge in [-0.2, -0.15) is 0 Å². The first kappa shape index (κ1) is 23.6. The average Bonchev–Trinajstić information content (AvgIpc) is 2.75. The van der Waals surface area contributed by atoms with Crippen LogP contribution in [0.25, 0.3) is 0 Å². The van der Waals surface area contributed by atoms with Crippen LogP contribution in [-0.2, 0) is 32.1 Å². The van der Waals surface area contributed by atoms with Crippen LogP contribution in [0.5, 0.6) is 0 Å². The Morgan fingerprint density at radius 3 is 2.00 bits per heavy atom. The highest BCUT2D eigenvalue weighted by Crippen LogP contribution is 2.07. The molecular formula is C23H27N3O5. The van der Waals surface area contributed by atoms with E-state index in [1.165, 1.54) is 6.92 Å². The van der Waals surface area contributed by atoms with Crippen LogP contribution in [0.2, 0.25) is 0 Å². The second kappa shape index (κ2) is 12.1. The van der Waals surface area contributed by atoms with Crippen LogP contribution in [0.15, 0.2) is 60.7 Å². The second-order valence-corrected chi connectivity index (χ2v) is 7.15. The van der Waals surface area contributed by atoms with E-state index in [1.807, 2.05) is 60.7 Å². The predicted molar refractivity (Wildman–Crippen MR) is 115 cm³/mol. The predicted octanol–water partition coefficient (Wildman–Crippen LogP) is 1.86. The highest BCUT2D eigenvalue weighted by atomic mass is 16.5. The summed E-state index contributed by atoms with van der Waals surface area (Å²) in [6.45, 7) is 1.44. The number of hydrogen-bond donors (Lipinski definition) is 3. The fraction of sp³-hybridized carbons (Fsp3) is 0.304. The quantitative estimate of drug-likeness (QED) is 0.506. The number of hydrogen-bond acceptors (Lipinski definition) is 5. The highest BCUT2D eigenvalue weighted by molar-refractivity contribution is 5.91. The van der Waals surface area contributed by atoms with Crippen molar-refractivity contribution in [3.63, 3.8) is 0 Å². The normalized spacial score (nSPS) is 12.3. The van der Waals surface area contributed by atoms with Gasteiger partial charge >= 0.3 is 6.09 Å². The van der Waals surface area contributed by atoms with Crippen LogP contribution >= 0.6 is 0 Å². The Balaban J connectivity index is 2.05. The van der Waals surface area contributed by atoms with E-state index in [2.05, 4.69) is 10.6 Å². The van der Waals surface area contributed by atoms with Gasteiger partial charge in [-0.15, -0.1) is 0 Å². The Morgan fingerprint density at radius 2 is 1.45 bits per heavy atom. The van der Waals surface area contributed by atoms with Crippen LogP contribution in [0.3, 0.4) is 0 Å². The Hall–Kier alpha value is -3.68. The van der Waals surface area contributed by atoms with E-state index in [4.69, 9.17) is 10.5 Å². The second-order valence-electron chi connectivity index (χ2n) is 7.15. The molecule has 2 aromatic rings.